The van der Waals surface area contributed by atoms with E-state index in [2.05, 4.69) is 10.6 Å². The maximum atomic E-state index is 13.0. The first-order chi connectivity index (χ1) is 18.5. The maximum absolute atomic E-state index is 13.0. The highest BCUT2D eigenvalue weighted by atomic mass is 16.6. The number of fused-ring (bicyclic) bond motifs is 3. The van der Waals surface area contributed by atoms with E-state index in [9.17, 15) is 24.3 Å². The van der Waals surface area contributed by atoms with Gasteiger partial charge in [-0.15, -0.1) is 0 Å². The van der Waals surface area contributed by atoms with Crippen molar-refractivity contribution >= 4 is 24.2 Å². The van der Waals surface area contributed by atoms with Crippen LogP contribution in [0, 0.1) is 0 Å². The number of carboxylic acid groups (broad SMARTS) is 1. The van der Waals surface area contributed by atoms with Crippen molar-refractivity contribution in [2.75, 3.05) is 26.2 Å². The van der Waals surface area contributed by atoms with Crippen molar-refractivity contribution in [3.05, 3.63) is 59.7 Å². The number of nitrogens with one attached hydrogen (secondary N) is 2. The zero-order valence-corrected chi connectivity index (χ0v) is 22.1. The first kappa shape index (κ1) is 27.7. The van der Waals surface area contributed by atoms with Crippen LogP contribution in [0.2, 0.25) is 0 Å². The molecule has 2 aliphatic rings. The van der Waals surface area contributed by atoms with Gasteiger partial charge in [0.05, 0.1) is 6.54 Å². The normalized spacial score (nSPS) is 18.1. The highest BCUT2D eigenvalue weighted by Gasteiger charge is 2.43. The van der Waals surface area contributed by atoms with Gasteiger partial charge >= 0.3 is 24.2 Å². The van der Waals surface area contributed by atoms with E-state index in [1.54, 1.807) is 20.8 Å². The quantitative estimate of drug-likeness (QED) is 0.357. The summed E-state index contributed by atoms with van der Waals surface area (Å²) in [5.74, 6) is -1.38. The Hall–Kier alpha value is -4.28. The molecule has 0 aromatic heterocycles. The van der Waals surface area contributed by atoms with E-state index in [0.717, 1.165) is 27.2 Å². The molecule has 3 N–H and O–H groups in total. The minimum Gasteiger partial charge on any atom is -0.480 e. The van der Waals surface area contributed by atoms with E-state index in [1.165, 1.54) is 0 Å². The minimum atomic E-state index is -1.21. The number of alkyl carbamates (subject to hydrolysis) is 2. The lowest BCUT2D eigenvalue weighted by molar-refractivity contribution is -0.141. The molecule has 1 fully saturated rings. The van der Waals surface area contributed by atoms with Gasteiger partial charge in [-0.25, -0.2) is 19.2 Å². The summed E-state index contributed by atoms with van der Waals surface area (Å²) in [6.45, 7) is 5.32. The molecule has 2 aromatic carbocycles. The molecule has 2 atom stereocenters. The van der Waals surface area contributed by atoms with E-state index in [1.807, 2.05) is 48.5 Å². The van der Waals surface area contributed by atoms with E-state index < -0.39 is 42.0 Å². The van der Waals surface area contributed by atoms with Crippen LogP contribution in [-0.2, 0) is 19.0 Å². The number of aliphatic carboxylic acids is 1. The SMILES string of the molecule is CC(C)(C)OC(=O)NCCNC(=O)O[C@@H]1C[C@@H](C(=O)O)N(C(=O)OCC2c3ccccc3-c3ccccc32)C1. The predicted octanol–water partition coefficient (Wildman–Crippen LogP) is 3.71. The number of benzene rings is 2. The van der Waals surface area contributed by atoms with Gasteiger partial charge in [-0.3, -0.25) is 4.90 Å². The number of likely N-dealkylation sites (tertiary alicyclic amines) is 1. The third-order valence-corrected chi connectivity index (χ3v) is 6.45. The molecule has 0 radical (unpaired) electrons. The number of nitrogens with zero attached hydrogens (tertiary/aromatic N) is 1. The summed E-state index contributed by atoms with van der Waals surface area (Å²) in [6, 6.07) is 14.6. The van der Waals surface area contributed by atoms with Gasteiger partial charge in [0.1, 0.15) is 24.4 Å². The number of hydrogen-bond acceptors (Lipinski definition) is 7. The Morgan fingerprint density at radius 1 is 0.923 bits per heavy atom. The fourth-order valence-electron chi connectivity index (χ4n) is 4.83. The van der Waals surface area contributed by atoms with Crippen molar-refractivity contribution in [3.63, 3.8) is 0 Å². The zero-order chi connectivity index (χ0) is 28.2. The number of carbonyl (C=O) groups is 4. The standard InChI is InChI=1S/C28H33N3O8/c1-28(2,3)39-26(35)30-13-12-29-25(34)38-17-14-23(24(32)33)31(15-17)27(36)37-16-22-20-10-6-4-8-18(20)19-9-5-7-11-21(19)22/h4-11,17,22-23H,12-16H2,1-3H3,(H,29,34)(H,30,35)(H,32,33)/t17-,23+/m1/s1. The van der Waals surface area contributed by atoms with Crippen LogP contribution >= 0.6 is 0 Å². The van der Waals surface area contributed by atoms with Crippen molar-refractivity contribution in [1.29, 1.82) is 0 Å². The van der Waals surface area contributed by atoms with Gasteiger partial charge in [0.15, 0.2) is 0 Å². The highest BCUT2D eigenvalue weighted by Crippen LogP contribution is 2.44. The average Bonchev–Trinajstić information content (AvgIpc) is 3.44. The highest BCUT2D eigenvalue weighted by molar-refractivity contribution is 5.82. The van der Waals surface area contributed by atoms with Crippen LogP contribution in [0.25, 0.3) is 11.1 Å². The van der Waals surface area contributed by atoms with Crippen molar-refractivity contribution in [1.82, 2.24) is 15.5 Å². The third-order valence-electron chi connectivity index (χ3n) is 6.45. The summed E-state index contributed by atoms with van der Waals surface area (Å²) in [6.07, 6.45) is -3.08. The molecule has 4 rings (SSSR count). The van der Waals surface area contributed by atoms with Crippen molar-refractivity contribution in [3.8, 4) is 11.1 Å². The molecule has 11 heteroatoms. The second-order valence-corrected chi connectivity index (χ2v) is 10.4. The Morgan fingerprint density at radius 3 is 2.05 bits per heavy atom. The monoisotopic (exact) mass is 539 g/mol. The second kappa shape index (κ2) is 11.6. The Balaban J connectivity index is 1.28. The summed E-state index contributed by atoms with van der Waals surface area (Å²) >= 11 is 0. The second-order valence-electron chi connectivity index (χ2n) is 10.4. The van der Waals surface area contributed by atoms with Gasteiger partial charge in [-0.05, 0) is 43.0 Å². The van der Waals surface area contributed by atoms with Crippen LogP contribution in [0.15, 0.2) is 48.5 Å². The minimum absolute atomic E-state index is 0.0480. The van der Waals surface area contributed by atoms with E-state index in [-0.39, 0.29) is 38.6 Å². The Bertz CT molecular complexity index is 1200. The maximum Gasteiger partial charge on any atom is 0.410 e. The third kappa shape index (κ3) is 6.78. The summed E-state index contributed by atoms with van der Waals surface area (Å²) < 4.78 is 16.0. The van der Waals surface area contributed by atoms with Crippen molar-refractivity contribution < 1.29 is 38.5 Å². The van der Waals surface area contributed by atoms with Crippen molar-refractivity contribution in [2.45, 2.75) is 50.9 Å². The van der Waals surface area contributed by atoms with Gasteiger partial charge in [0.2, 0.25) is 0 Å². The molecule has 2 aromatic rings. The summed E-state index contributed by atoms with van der Waals surface area (Å²) in [4.78, 5) is 49.8. The summed E-state index contributed by atoms with van der Waals surface area (Å²) in [7, 11) is 0. The largest absolute Gasteiger partial charge is 0.480 e. The molecule has 208 valence electrons. The van der Waals surface area contributed by atoms with Crippen LogP contribution in [-0.4, -0.2) is 78.2 Å². The molecule has 1 heterocycles. The lowest BCUT2D eigenvalue weighted by Crippen LogP contribution is -2.41. The van der Waals surface area contributed by atoms with Crippen LogP contribution in [0.5, 0.6) is 0 Å². The number of amides is 3. The fraction of sp³-hybridized carbons (Fsp3) is 0.429. The number of rotatable bonds is 7. The summed E-state index contributed by atoms with van der Waals surface area (Å²) in [5.41, 5.74) is 3.61. The molecule has 3 amide bonds. The van der Waals surface area contributed by atoms with Crippen LogP contribution in [0.4, 0.5) is 14.4 Å². The van der Waals surface area contributed by atoms with Gasteiger partial charge in [-0.2, -0.15) is 0 Å². The first-order valence-electron chi connectivity index (χ1n) is 12.8. The molecular weight excluding hydrogens is 506 g/mol. The summed E-state index contributed by atoms with van der Waals surface area (Å²) in [5, 5.41) is 14.7. The van der Waals surface area contributed by atoms with Gasteiger partial charge in [0, 0.05) is 25.4 Å². The van der Waals surface area contributed by atoms with Crippen molar-refractivity contribution in [2.24, 2.45) is 0 Å². The molecule has 1 saturated heterocycles. The van der Waals surface area contributed by atoms with Crippen LogP contribution < -0.4 is 10.6 Å². The Kier molecular flexibility index (Phi) is 8.27. The number of ether oxygens (including phenoxy) is 3. The van der Waals surface area contributed by atoms with Crippen LogP contribution in [0.3, 0.4) is 0 Å². The Labute approximate surface area is 226 Å². The number of carbonyl (C=O) groups excluding carboxylic acids is 3. The smallest absolute Gasteiger partial charge is 0.410 e. The number of hydrogen-bond donors (Lipinski definition) is 3. The van der Waals surface area contributed by atoms with Gasteiger partial charge in [0.25, 0.3) is 0 Å². The predicted molar refractivity (Wildman–Crippen MR) is 140 cm³/mol. The van der Waals surface area contributed by atoms with Crippen LogP contribution in [0.1, 0.15) is 44.2 Å². The lowest BCUT2D eigenvalue weighted by Gasteiger charge is -2.22. The number of carboxylic acids is 1. The molecule has 11 nitrogen and oxygen atoms in total. The molecule has 0 bridgehead atoms. The zero-order valence-electron chi connectivity index (χ0n) is 22.1. The first-order valence-corrected chi connectivity index (χ1v) is 12.8. The molecule has 1 aliphatic carbocycles. The molecule has 0 unspecified atom stereocenters. The topological polar surface area (TPSA) is 144 Å². The molecule has 1 aliphatic heterocycles. The van der Waals surface area contributed by atoms with E-state index >= 15 is 0 Å². The average molecular weight is 540 g/mol. The molecule has 0 saturated carbocycles. The van der Waals surface area contributed by atoms with E-state index in [4.69, 9.17) is 14.2 Å². The van der Waals surface area contributed by atoms with Gasteiger partial charge < -0.3 is 30.0 Å². The molecule has 39 heavy (non-hydrogen) atoms. The Morgan fingerprint density at radius 2 is 1.49 bits per heavy atom. The fourth-order valence-corrected chi connectivity index (χ4v) is 4.83. The van der Waals surface area contributed by atoms with E-state index in [0.29, 0.717) is 0 Å². The molecular formula is C28H33N3O8. The van der Waals surface area contributed by atoms with Gasteiger partial charge in [-0.1, -0.05) is 48.5 Å². The lowest BCUT2D eigenvalue weighted by atomic mass is 9.98. The molecule has 0 spiro atoms.